The van der Waals surface area contributed by atoms with Gasteiger partial charge in [-0.2, -0.15) is 5.10 Å². The summed E-state index contributed by atoms with van der Waals surface area (Å²) in [6.45, 7) is 0. The lowest BCUT2D eigenvalue weighted by Crippen LogP contribution is -1.97. The number of ether oxygens (including phenoxy) is 1. The van der Waals surface area contributed by atoms with E-state index in [4.69, 9.17) is 4.74 Å². The Labute approximate surface area is 145 Å². The quantitative estimate of drug-likeness (QED) is 0.451. The van der Waals surface area contributed by atoms with E-state index < -0.39 is 0 Å². The van der Waals surface area contributed by atoms with Crippen molar-refractivity contribution in [2.24, 2.45) is 10.2 Å². The molecule has 0 aromatic heterocycles. The van der Waals surface area contributed by atoms with Crippen LogP contribution in [-0.4, -0.2) is 24.1 Å². The van der Waals surface area contributed by atoms with E-state index >= 15 is 0 Å². The number of hydrogen-bond donors (Lipinski definition) is 1. The number of aromatic hydroxyl groups is 1. The largest absolute Gasteiger partial charge is 0.504 e. The molecule has 0 saturated heterocycles. The average molecular weight is 328 g/mol. The van der Waals surface area contributed by atoms with Gasteiger partial charge in [0.2, 0.25) is 0 Å². The number of fused-ring (bicyclic) bond motifs is 3. The first-order valence-corrected chi connectivity index (χ1v) is 7.95. The fraction of sp³-hybridized carbons (Fsp3) is 0.0476. The van der Waals surface area contributed by atoms with Gasteiger partial charge in [0.15, 0.2) is 11.5 Å². The van der Waals surface area contributed by atoms with Crippen molar-refractivity contribution in [3.63, 3.8) is 0 Å². The summed E-state index contributed by atoms with van der Waals surface area (Å²) in [6.07, 6.45) is 1.62. The van der Waals surface area contributed by atoms with Crippen molar-refractivity contribution in [1.29, 1.82) is 0 Å². The summed E-state index contributed by atoms with van der Waals surface area (Å²) in [7, 11) is 1.52. The lowest BCUT2D eigenvalue weighted by atomic mass is 10.1. The lowest BCUT2D eigenvalue weighted by molar-refractivity contribution is 0.373. The van der Waals surface area contributed by atoms with E-state index in [1.165, 1.54) is 18.2 Å². The molecule has 4 nitrogen and oxygen atoms in total. The molecule has 3 aromatic rings. The highest BCUT2D eigenvalue weighted by Crippen LogP contribution is 2.36. The third-order valence-electron chi connectivity index (χ3n) is 4.22. The first kappa shape index (κ1) is 15.1. The molecule has 1 aliphatic rings. The number of phenolic OH excluding ortho intramolecular Hbond substituents is 1. The zero-order valence-electron chi connectivity index (χ0n) is 13.7. The zero-order valence-corrected chi connectivity index (χ0v) is 13.7. The van der Waals surface area contributed by atoms with Crippen LogP contribution in [0.5, 0.6) is 11.5 Å². The van der Waals surface area contributed by atoms with Gasteiger partial charge in [0.05, 0.1) is 13.3 Å². The summed E-state index contributed by atoms with van der Waals surface area (Å²) in [5.74, 6) is 0.512. The van der Waals surface area contributed by atoms with Crippen molar-refractivity contribution in [2.45, 2.75) is 0 Å². The fourth-order valence-corrected chi connectivity index (χ4v) is 3.04. The Kier molecular flexibility index (Phi) is 3.78. The molecule has 0 fully saturated rings. The van der Waals surface area contributed by atoms with Crippen LogP contribution in [0.15, 0.2) is 76.9 Å². The SMILES string of the molecule is COc1ccc(/C=N\N=C2c3ccccc3-c3ccccc32)cc1O. The molecule has 0 bridgehead atoms. The van der Waals surface area contributed by atoms with Crippen molar-refractivity contribution >= 4 is 11.9 Å². The maximum absolute atomic E-state index is 9.84. The number of nitrogens with zero attached hydrogens (tertiary/aromatic N) is 2. The Bertz CT molecular complexity index is 959. The van der Waals surface area contributed by atoms with Crippen LogP contribution in [0.25, 0.3) is 11.1 Å². The van der Waals surface area contributed by atoms with Crippen LogP contribution >= 0.6 is 0 Å². The minimum absolute atomic E-state index is 0.0793. The van der Waals surface area contributed by atoms with E-state index in [9.17, 15) is 5.11 Å². The molecule has 1 N–H and O–H groups in total. The second-order valence-electron chi connectivity index (χ2n) is 5.72. The van der Waals surface area contributed by atoms with Crippen molar-refractivity contribution in [3.8, 4) is 22.6 Å². The number of hydrogen-bond acceptors (Lipinski definition) is 4. The standard InChI is InChI=1S/C21H16N2O2/c1-25-20-11-10-14(12-19(20)24)13-22-23-21-17-8-4-2-6-15(17)16-7-3-5-9-18(16)21/h2-13,24H,1H3/b22-13-. The molecule has 0 aliphatic heterocycles. The summed E-state index contributed by atoms with van der Waals surface area (Å²) >= 11 is 0. The summed E-state index contributed by atoms with van der Waals surface area (Å²) < 4.78 is 5.04. The molecule has 0 amide bonds. The van der Waals surface area contributed by atoms with Crippen molar-refractivity contribution in [2.75, 3.05) is 7.11 Å². The Morgan fingerprint density at radius 2 is 1.44 bits per heavy atom. The highest BCUT2D eigenvalue weighted by Gasteiger charge is 2.23. The highest BCUT2D eigenvalue weighted by molar-refractivity contribution is 6.24. The van der Waals surface area contributed by atoms with Crippen LogP contribution in [0.2, 0.25) is 0 Å². The predicted octanol–water partition coefficient (Wildman–Crippen LogP) is 4.25. The van der Waals surface area contributed by atoms with Gasteiger partial charge in [-0.25, -0.2) is 0 Å². The summed E-state index contributed by atoms with van der Waals surface area (Å²) in [5.41, 5.74) is 6.13. The Morgan fingerprint density at radius 3 is 2.00 bits per heavy atom. The molecule has 0 heterocycles. The van der Waals surface area contributed by atoms with Crippen LogP contribution in [0.3, 0.4) is 0 Å². The van der Waals surface area contributed by atoms with Crippen LogP contribution in [0.1, 0.15) is 16.7 Å². The van der Waals surface area contributed by atoms with Gasteiger partial charge in [0.25, 0.3) is 0 Å². The summed E-state index contributed by atoms with van der Waals surface area (Å²) in [6, 6.07) is 21.5. The normalized spacial score (nSPS) is 12.1. The first-order valence-electron chi connectivity index (χ1n) is 7.95. The maximum atomic E-state index is 9.84. The van der Waals surface area contributed by atoms with Gasteiger partial charge < -0.3 is 9.84 Å². The van der Waals surface area contributed by atoms with Gasteiger partial charge in [0.1, 0.15) is 5.71 Å². The number of benzene rings is 3. The second-order valence-corrected chi connectivity index (χ2v) is 5.72. The van der Waals surface area contributed by atoms with Gasteiger partial charge in [0, 0.05) is 11.1 Å². The highest BCUT2D eigenvalue weighted by atomic mass is 16.5. The molecule has 3 aromatic carbocycles. The van der Waals surface area contributed by atoms with E-state index in [-0.39, 0.29) is 5.75 Å². The smallest absolute Gasteiger partial charge is 0.160 e. The van der Waals surface area contributed by atoms with Gasteiger partial charge in [-0.15, -0.1) is 5.10 Å². The molecule has 25 heavy (non-hydrogen) atoms. The van der Waals surface area contributed by atoms with Gasteiger partial charge >= 0.3 is 0 Å². The van der Waals surface area contributed by atoms with Crippen LogP contribution in [0, 0.1) is 0 Å². The molecule has 1 aliphatic carbocycles. The lowest BCUT2D eigenvalue weighted by Gasteiger charge is -2.02. The molecular formula is C21H16N2O2. The van der Waals surface area contributed by atoms with E-state index in [2.05, 4.69) is 34.5 Å². The van der Waals surface area contributed by atoms with Gasteiger partial charge in [-0.1, -0.05) is 48.5 Å². The Hall–Kier alpha value is -3.40. The van der Waals surface area contributed by atoms with Crippen LogP contribution < -0.4 is 4.74 Å². The minimum Gasteiger partial charge on any atom is -0.504 e. The number of rotatable bonds is 3. The van der Waals surface area contributed by atoms with E-state index in [1.54, 1.807) is 18.3 Å². The zero-order chi connectivity index (χ0) is 17.2. The van der Waals surface area contributed by atoms with Crippen molar-refractivity contribution < 1.29 is 9.84 Å². The van der Waals surface area contributed by atoms with E-state index in [1.807, 2.05) is 30.3 Å². The number of methoxy groups -OCH3 is 1. The predicted molar refractivity (Wildman–Crippen MR) is 99.8 cm³/mol. The molecule has 4 heteroatoms. The van der Waals surface area contributed by atoms with E-state index in [0.717, 1.165) is 22.4 Å². The average Bonchev–Trinajstić information content (AvgIpc) is 2.96. The van der Waals surface area contributed by atoms with Gasteiger partial charge in [-0.05, 0) is 34.9 Å². The molecule has 0 atom stereocenters. The minimum atomic E-state index is 0.0793. The van der Waals surface area contributed by atoms with Crippen molar-refractivity contribution in [3.05, 3.63) is 83.4 Å². The molecule has 0 saturated carbocycles. The van der Waals surface area contributed by atoms with Crippen molar-refractivity contribution in [1.82, 2.24) is 0 Å². The first-order chi connectivity index (χ1) is 12.3. The molecule has 0 unspecified atom stereocenters. The van der Waals surface area contributed by atoms with Crippen LogP contribution in [-0.2, 0) is 0 Å². The fourth-order valence-electron chi connectivity index (χ4n) is 3.04. The number of phenols is 1. The molecule has 0 spiro atoms. The summed E-state index contributed by atoms with van der Waals surface area (Å²) in [5, 5.41) is 18.5. The third kappa shape index (κ3) is 2.68. The molecule has 0 radical (unpaired) electrons. The Balaban J connectivity index is 1.71. The second kappa shape index (κ2) is 6.24. The molecular weight excluding hydrogens is 312 g/mol. The summed E-state index contributed by atoms with van der Waals surface area (Å²) in [4.78, 5) is 0. The third-order valence-corrected chi connectivity index (χ3v) is 4.22. The van der Waals surface area contributed by atoms with Gasteiger partial charge in [-0.3, -0.25) is 0 Å². The molecule has 4 rings (SSSR count). The Morgan fingerprint density at radius 1 is 0.840 bits per heavy atom. The van der Waals surface area contributed by atoms with Crippen LogP contribution in [0.4, 0.5) is 0 Å². The van der Waals surface area contributed by atoms with E-state index in [0.29, 0.717) is 5.75 Å². The molecule has 122 valence electrons. The maximum Gasteiger partial charge on any atom is 0.160 e. The monoisotopic (exact) mass is 328 g/mol. The topological polar surface area (TPSA) is 54.2 Å².